The molecule has 7 nitrogen and oxygen atoms in total. The minimum Gasteiger partial charge on any atom is -0.489 e. The summed E-state index contributed by atoms with van der Waals surface area (Å²) in [6.07, 6.45) is -1.00. The second kappa shape index (κ2) is 13.0. The molecule has 4 unspecified atom stereocenters. The lowest BCUT2D eigenvalue weighted by molar-refractivity contribution is -0.341. The molecule has 0 N–H and O–H groups in total. The quantitative estimate of drug-likeness (QED) is 0.164. The van der Waals surface area contributed by atoms with Gasteiger partial charge in [0.2, 0.25) is 0 Å². The van der Waals surface area contributed by atoms with Crippen LogP contribution in [0.5, 0.6) is 17.2 Å². The Bertz CT molecular complexity index is 1310. The molecule has 2 aliphatic rings. The van der Waals surface area contributed by atoms with E-state index in [9.17, 15) is 0 Å². The van der Waals surface area contributed by atoms with Crippen LogP contribution in [-0.4, -0.2) is 37.6 Å². The van der Waals surface area contributed by atoms with E-state index in [1.165, 1.54) is 0 Å². The van der Waals surface area contributed by atoms with Crippen LogP contribution < -0.4 is 14.2 Å². The maximum Gasteiger partial charge on any atom is 0.151 e. The van der Waals surface area contributed by atoms with E-state index in [1.54, 1.807) is 0 Å². The number of hydrogen-bond donors (Lipinski definition) is 0. The van der Waals surface area contributed by atoms with E-state index in [4.69, 9.17) is 33.5 Å². The Morgan fingerprint density at radius 1 is 0.500 bits per heavy atom. The SMILES string of the molecule is c1ccc(COc2ccc(COOC3COC4C(Oc5ccc(OCc6ccccc6)cc5)COC34)cc2)cc1. The molecule has 2 fully saturated rings. The molecule has 2 saturated heterocycles. The van der Waals surface area contributed by atoms with Crippen molar-refractivity contribution in [2.75, 3.05) is 13.2 Å². The van der Waals surface area contributed by atoms with E-state index < -0.39 is 0 Å². The highest BCUT2D eigenvalue weighted by molar-refractivity contribution is 5.32. The first kappa shape index (κ1) is 26.3. The fourth-order valence-electron chi connectivity index (χ4n) is 4.76. The van der Waals surface area contributed by atoms with Gasteiger partial charge in [0.1, 0.15) is 55.4 Å². The number of hydrogen-bond acceptors (Lipinski definition) is 7. The summed E-state index contributed by atoms with van der Waals surface area (Å²) in [4.78, 5) is 11.2. The molecular weight excluding hydrogens is 508 g/mol. The van der Waals surface area contributed by atoms with Crippen molar-refractivity contribution in [1.82, 2.24) is 0 Å². The van der Waals surface area contributed by atoms with Crippen molar-refractivity contribution < 1.29 is 33.5 Å². The Labute approximate surface area is 234 Å². The minimum atomic E-state index is -0.319. The Morgan fingerprint density at radius 3 is 1.57 bits per heavy atom. The predicted octanol–water partition coefficient (Wildman–Crippen LogP) is 5.91. The van der Waals surface area contributed by atoms with Gasteiger partial charge in [-0.15, -0.1) is 0 Å². The van der Waals surface area contributed by atoms with Crippen LogP contribution in [0.2, 0.25) is 0 Å². The summed E-state index contributed by atoms with van der Waals surface area (Å²) in [6.45, 7) is 2.17. The van der Waals surface area contributed by atoms with Gasteiger partial charge in [-0.3, -0.25) is 0 Å². The van der Waals surface area contributed by atoms with Gasteiger partial charge in [0, 0.05) is 0 Å². The second-order valence-corrected chi connectivity index (χ2v) is 9.81. The van der Waals surface area contributed by atoms with E-state index in [2.05, 4.69) is 0 Å². The van der Waals surface area contributed by atoms with Gasteiger partial charge in [-0.1, -0.05) is 72.8 Å². The molecule has 206 valence electrons. The highest BCUT2D eigenvalue weighted by atomic mass is 17.2. The lowest BCUT2D eigenvalue weighted by atomic mass is 10.1. The van der Waals surface area contributed by atoms with Crippen molar-refractivity contribution in [3.05, 3.63) is 126 Å². The van der Waals surface area contributed by atoms with Gasteiger partial charge < -0.3 is 23.7 Å². The highest BCUT2D eigenvalue weighted by Crippen LogP contribution is 2.32. The zero-order valence-corrected chi connectivity index (χ0v) is 22.1. The van der Waals surface area contributed by atoms with E-state index in [0.717, 1.165) is 33.9 Å². The molecule has 0 aliphatic carbocycles. The topological polar surface area (TPSA) is 64.6 Å². The van der Waals surface area contributed by atoms with Gasteiger partial charge in [-0.05, 0) is 53.1 Å². The van der Waals surface area contributed by atoms with Crippen LogP contribution in [-0.2, 0) is 39.1 Å². The Kier molecular flexibility index (Phi) is 8.55. The first-order chi connectivity index (χ1) is 19.8. The highest BCUT2D eigenvalue weighted by Gasteiger charge is 2.50. The number of fused-ring (bicyclic) bond motifs is 1. The molecule has 2 aliphatic heterocycles. The summed E-state index contributed by atoms with van der Waals surface area (Å²) >= 11 is 0. The molecule has 0 amide bonds. The van der Waals surface area contributed by atoms with Crippen molar-refractivity contribution in [1.29, 1.82) is 0 Å². The van der Waals surface area contributed by atoms with Crippen LogP contribution in [0, 0.1) is 0 Å². The van der Waals surface area contributed by atoms with Crippen molar-refractivity contribution in [2.24, 2.45) is 0 Å². The molecule has 4 aromatic rings. The van der Waals surface area contributed by atoms with Crippen LogP contribution in [0.4, 0.5) is 0 Å². The lowest BCUT2D eigenvalue weighted by Gasteiger charge is -2.18. The van der Waals surface area contributed by atoms with Gasteiger partial charge >= 0.3 is 0 Å². The van der Waals surface area contributed by atoms with Crippen LogP contribution in [0.25, 0.3) is 0 Å². The molecule has 6 rings (SSSR count). The summed E-state index contributed by atoms with van der Waals surface area (Å²) in [7, 11) is 0. The number of rotatable bonds is 12. The van der Waals surface area contributed by atoms with Gasteiger partial charge in [-0.25, -0.2) is 9.78 Å². The Morgan fingerprint density at radius 2 is 0.975 bits per heavy atom. The van der Waals surface area contributed by atoms with E-state index in [-0.39, 0.29) is 24.4 Å². The molecule has 0 spiro atoms. The second-order valence-electron chi connectivity index (χ2n) is 9.81. The monoisotopic (exact) mass is 540 g/mol. The summed E-state index contributed by atoms with van der Waals surface area (Å²) in [6, 6.07) is 35.6. The maximum absolute atomic E-state index is 6.17. The van der Waals surface area contributed by atoms with Crippen molar-refractivity contribution >= 4 is 0 Å². The summed E-state index contributed by atoms with van der Waals surface area (Å²) in [5, 5.41) is 0. The van der Waals surface area contributed by atoms with Gasteiger partial charge in [-0.2, -0.15) is 0 Å². The van der Waals surface area contributed by atoms with E-state index in [1.807, 2.05) is 109 Å². The van der Waals surface area contributed by atoms with Crippen LogP contribution in [0.1, 0.15) is 16.7 Å². The zero-order chi connectivity index (χ0) is 27.0. The molecular formula is C33H32O7. The zero-order valence-electron chi connectivity index (χ0n) is 22.1. The fourth-order valence-corrected chi connectivity index (χ4v) is 4.76. The third-order valence-corrected chi connectivity index (χ3v) is 6.91. The van der Waals surface area contributed by atoms with Crippen LogP contribution in [0.15, 0.2) is 109 Å². The van der Waals surface area contributed by atoms with Crippen molar-refractivity contribution in [3.63, 3.8) is 0 Å². The first-order valence-electron chi connectivity index (χ1n) is 13.5. The Balaban J connectivity index is 0.921. The maximum atomic E-state index is 6.17. The predicted molar refractivity (Wildman–Crippen MR) is 148 cm³/mol. The largest absolute Gasteiger partial charge is 0.489 e. The molecule has 0 saturated carbocycles. The third kappa shape index (κ3) is 6.81. The average molecular weight is 541 g/mol. The van der Waals surface area contributed by atoms with Gasteiger partial charge in [0.05, 0.1) is 13.2 Å². The fraction of sp³-hybridized carbons (Fsp3) is 0.273. The first-order valence-corrected chi connectivity index (χ1v) is 13.5. The Hall–Kier alpha value is -3.88. The average Bonchev–Trinajstić information content (AvgIpc) is 3.60. The molecule has 0 aromatic heterocycles. The van der Waals surface area contributed by atoms with Gasteiger partial charge in [0.25, 0.3) is 0 Å². The molecule has 4 aromatic carbocycles. The molecule has 7 heteroatoms. The smallest absolute Gasteiger partial charge is 0.151 e. The van der Waals surface area contributed by atoms with Crippen molar-refractivity contribution in [2.45, 2.75) is 44.2 Å². The standard InChI is InChI=1S/C33H32O7/c1-3-7-24(8-4-1)19-34-27-13-11-26(12-14-27)21-38-40-31-23-37-32-30(22-36-33(31)32)39-29-17-15-28(16-18-29)35-20-25-9-5-2-6-10-25/h1-18,30-33H,19-23H2. The normalized spacial score (nSPS) is 21.6. The minimum absolute atomic E-state index is 0.219. The third-order valence-electron chi connectivity index (χ3n) is 6.91. The summed E-state index contributed by atoms with van der Waals surface area (Å²) in [5.41, 5.74) is 3.23. The number of ether oxygens (including phenoxy) is 5. The molecule has 4 atom stereocenters. The molecule has 40 heavy (non-hydrogen) atoms. The summed E-state index contributed by atoms with van der Waals surface area (Å²) < 4.78 is 29.8. The van der Waals surface area contributed by atoms with E-state index in [0.29, 0.717) is 33.0 Å². The van der Waals surface area contributed by atoms with Crippen LogP contribution in [0.3, 0.4) is 0 Å². The molecule has 0 radical (unpaired) electrons. The van der Waals surface area contributed by atoms with E-state index >= 15 is 0 Å². The van der Waals surface area contributed by atoms with Crippen LogP contribution >= 0.6 is 0 Å². The van der Waals surface area contributed by atoms with Crippen molar-refractivity contribution in [3.8, 4) is 17.2 Å². The molecule has 2 heterocycles. The summed E-state index contributed by atoms with van der Waals surface area (Å²) in [5.74, 6) is 2.33. The lowest BCUT2D eigenvalue weighted by Crippen LogP contribution is -2.35. The number of benzene rings is 4. The van der Waals surface area contributed by atoms with Gasteiger partial charge in [0.15, 0.2) is 6.10 Å². The molecule has 0 bridgehead atoms.